The van der Waals surface area contributed by atoms with Crippen molar-refractivity contribution in [2.45, 2.75) is 20.1 Å². The van der Waals surface area contributed by atoms with Gasteiger partial charge in [-0.3, -0.25) is 4.31 Å². The molecule has 0 aromatic heterocycles. The first kappa shape index (κ1) is 19.6. The molecular weight excluding hydrogens is 380 g/mol. The van der Waals surface area contributed by atoms with Crippen molar-refractivity contribution in [1.29, 1.82) is 0 Å². The second-order valence-corrected chi connectivity index (χ2v) is 7.70. The van der Waals surface area contributed by atoms with Gasteiger partial charge in [0.25, 0.3) is 0 Å². The van der Waals surface area contributed by atoms with Gasteiger partial charge in [0.15, 0.2) is 0 Å². The van der Waals surface area contributed by atoms with Gasteiger partial charge in [-0.2, -0.15) is 8.42 Å². The van der Waals surface area contributed by atoms with Gasteiger partial charge < -0.3 is 9.47 Å². The molecule has 8 heteroatoms. The highest BCUT2D eigenvalue weighted by Gasteiger charge is 2.29. The topological polar surface area (TPSA) is 85.3 Å². The van der Waals surface area contributed by atoms with Crippen molar-refractivity contribution in [3.63, 3.8) is 0 Å². The molecule has 0 fully saturated rings. The molecule has 2 aromatic carbocycles. The number of esters is 1. The van der Waals surface area contributed by atoms with Crippen LogP contribution in [0.2, 0.25) is 0 Å². The van der Waals surface area contributed by atoms with Crippen molar-refractivity contribution in [3.05, 3.63) is 77.5 Å². The van der Waals surface area contributed by atoms with Crippen LogP contribution in [0.5, 0.6) is 5.75 Å². The lowest BCUT2D eigenvalue weighted by atomic mass is 10.2. The molecular formula is C20H20N2O5S. The zero-order chi connectivity index (χ0) is 20.1. The number of carbonyl (C=O) groups excluding carboxylic acids is 1. The van der Waals surface area contributed by atoms with Crippen LogP contribution in [0.15, 0.2) is 70.8 Å². The Hall–Kier alpha value is -3.13. The highest BCUT2D eigenvalue weighted by molar-refractivity contribution is 7.88. The first-order valence-corrected chi connectivity index (χ1v) is 9.93. The molecule has 0 atom stereocenters. The third-order valence-electron chi connectivity index (χ3n) is 4.12. The molecule has 7 nitrogen and oxygen atoms in total. The molecule has 0 spiro atoms. The Balaban J connectivity index is 1.76. The Bertz CT molecular complexity index is 1030. The van der Waals surface area contributed by atoms with Crippen molar-refractivity contribution in [2.75, 3.05) is 7.11 Å². The smallest absolute Gasteiger partial charge is 0.344 e. The van der Waals surface area contributed by atoms with Crippen LogP contribution in [-0.4, -0.2) is 31.5 Å². The molecule has 3 rings (SSSR count). The molecule has 0 N–H and O–H groups in total. The first-order valence-electron chi connectivity index (χ1n) is 8.53. The van der Waals surface area contributed by atoms with E-state index in [0.717, 1.165) is 15.4 Å². The number of methoxy groups -OCH3 is 1. The third kappa shape index (κ3) is 4.58. The van der Waals surface area contributed by atoms with Gasteiger partial charge in [0.05, 0.1) is 24.9 Å². The van der Waals surface area contributed by atoms with E-state index in [2.05, 4.69) is 4.40 Å². The molecule has 0 unspecified atom stereocenters. The van der Waals surface area contributed by atoms with E-state index < -0.39 is 16.2 Å². The SMILES string of the molecule is COc1cccc(COC(=O)C2=CN(Cc3ccccc3)S(=O)(=O)N=C2C)c1. The second-order valence-electron chi connectivity index (χ2n) is 6.16. The molecule has 1 aliphatic heterocycles. The number of ether oxygens (including phenoxy) is 2. The predicted molar refractivity (Wildman–Crippen MR) is 105 cm³/mol. The van der Waals surface area contributed by atoms with E-state index in [1.54, 1.807) is 43.5 Å². The van der Waals surface area contributed by atoms with Crippen LogP contribution in [0.25, 0.3) is 0 Å². The monoisotopic (exact) mass is 400 g/mol. The molecule has 0 amide bonds. The Labute approximate surface area is 164 Å². The number of hydrogen-bond acceptors (Lipinski definition) is 5. The molecule has 0 aliphatic carbocycles. The van der Waals surface area contributed by atoms with Gasteiger partial charge in [0, 0.05) is 6.20 Å². The number of hydrogen-bond donors (Lipinski definition) is 0. The minimum atomic E-state index is -3.89. The highest BCUT2D eigenvalue weighted by Crippen LogP contribution is 2.21. The van der Waals surface area contributed by atoms with Crippen LogP contribution >= 0.6 is 0 Å². The average Bonchev–Trinajstić information content (AvgIpc) is 2.68. The second kappa shape index (κ2) is 8.26. The lowest BCUT2D eigenvalue weighted by molar-refractivity contribution is -0.139. The summed E-state index contributed by atoms with van der Waals surface area (Å²) in [5, 5.41) is 0. The van der Waals surface area contributed by atoms with E-state index in [1.165, 1.54) is 13.1 Å². The van der Waals surface area contributed by atoms with E-state index in [9.17, 15) is 13.2 Å². The van der Waals surface area contributed by atoms with Gasteiger partial charge in [0.2, 0.25) is 0 Å². The molecule has 0 saturated carbocycles. The normalized spacial score (nSPS) is 15.4. The van der Waals surface area contributed by atoms with Crippen molar-refractivity contribution in [3.8, 4) is 5.75 Å². The number of carbonyl (C=O) groups is 1. The largest absolute Gasteiger partial charge is 0.497 e. The summed E-state index contributed by atoms with van der Waals surface area (Å²) in [4.78, 5) is 12.5. The predicted octanol–water partition coefficient (Wildman–Crippen LogP) is 2.84. The van der Waals surface area contributed by atoms with Crippen LogP contribution in [0.3, 0.4) is 0 Å². The molecule has 2 aromatic rings. The summed E-state index contributed by atoms with van der Waals surface area (Å²) in [6, 6.07) is 16.2. The van der Waals surface area contributed by atoms with Crippen molar-refractivity contribution in [2.24, 2.45) is 4.40 Å². The summed E-state index contributed by atoms with van der Waals surface area (Å²) >= 11 is 0. The van der Waals surface area contributed by atoms with Gasteiger partial charge >= 0.3 is 16.2 Å². The van der Waals surface area contributed by atoms with Gasteiger partial charge in [-0.15, -0.1) is 4.40 Å². The van der Waals surface area contributed by atoms with Crippen molar-refractivity contribution < 1.29 is 22.7 Å². The van der Waals surface area contributed by atoms with Crippen LogP contribution < -0.4 is 4.74 Å². The third-order valence-corrected chi connectivity index (χ3v) is 5.45. The maximum Gasteiger partial charge on any atom is 0.344 e. The number of benzene rings is 2. The fourth-order valence-corrected chi connectivity index (χ4v) is 3.76. The Morgan fingerprint density at radius 1 is 1.07 bits per heavy atom. The lowest BCUT2D eigenvalue weighted by Gasteiger charge is -2.23. The number of nitrogens with zero attached hydrogens (tertiary/aromatic N) is 2. The quantitative estimate of drug-likeness (QED) is 0.696. The van der Waals surface area contributed by atoms with E-state index in [1.807, 2.05) is 18.2 Å². The standard InChI is InChI=1S/C20H20N2O5S/c1-15-19(20(23)27-14-17-9-6-10-18(11-17)26-2)13-22(28(24,25)21-15)12-16-7-4-3-5-8-16/h3-11,13H,12,14H2,1-2H3. The fraction of sp³-hybridized carbons (Fsp3) is 0.200. The van der Waals surface area contributed by atoms with Gasteiger partial charge in [0.1, 0.15) is 12.4 Å². The zero-order valence-corrected chi connectivity index (χ0v) is 16.3. The van der Waals surface area contributed by atoms with Crippen LogP contribution in [-0.2, 0) is 32.9 Å². The minimum absolute atomic E-state index is 0.0338. The van der Waals surface area contributed by atoms with Crippen molar-refractivity contribution >= 4 is 21.9 Å². The van der Waals surface area contributed by atoms with E-state index in [-0.39, 0.29) is 24.4 Å². The zero-order valence-electron chi connectivity index (χ0n) is 15.5. The molecule has 0 bridgehead atoms. The molecule has 28 heavy (non-hydrogen) atoms. The Morgan fingerprint density at radius 2 is 1.79 bits per heavy atom. The van der Waals surface area contributed by atoms with E-state index in [4.69, 9.17) is 9.47 Å². The molecule has 0 saturated heterocycles. The number of rotatable bonds is 6. The summed E-state index contributed by atoms with van der Waals surface area (Å²) in [6.07, 6.45) is 1.28. The van der Waals surface area contributed by atoms with Crippen molar-refractivity contribution in [1.82, 2.24) is 4.31 Å². The van der Waals surface area contributed by atoms with Crippen LogP contribution in [0.1, 0.15) is 18.1 Å². The minimum Gasteiger partial charge on any atom is -0.497 e. The molecule has 0 radical (unpaired) electrons. The maximum atomic E-state index is 12.5. The lowest BCUT2D eigenvalue weighted by Crippen LogP contribution is -2.31. The molecule has 146 valence electrons. The summed E-state index contributed by atoms with van der Waals surface area (Å²) in [5.74, 6) is 0.0142. The van der Waals surface area contributed by atoms with E-state index >= 15 is 0 Å². The summed E-state index contributed by atoms with van der Waals surface area (Å²) in [6.45, 7) is 1.58. The maximum absolute atomic E-state index is 12.5. The molecule has 1 aliphatic rings. The molecule has 1 heterocycles. The first-order chi connectivity index (χ1) is 13.4. The van der Waals surface area contributed by atoms with E-state index in [0.29, 0.717) is 5.75 Å². The van der Waals surface area contributed by atoms with Crippen LogP contribution in [0, 0.1) is 0 Å². The summed E-state index contributed by atoms with van der Waals surface area (Å²) in [7, 11) is -2.34. The Kier molecular flexibility index (Phi) is 5.79. The van der Waals surface area contributed by atoms with Gasteiger partial charge in [-0.1, -0.05) is 42.5 Å². The van der Waals surface area contributed by atoms with Gasteiger partial charge in [-0.25, -0.2) is 4.79 Å². The van der Waals surface area contributed by atoms with Crippen LogP contribution in [0.4, 0.5) is 0 Å². The summed E-state index contributed by atoms with van der Waals surface area (Å²) < 4.78 is 39.9. The van der Waals surface area contributed by atoms with Gasteiger partial charge in [-0.05, 0) is 30.2 Å². The average molecular weight is 400 g/mol. The highest BCUT2D eigenvalue weighted by atomic mass is 32.2. The Morgan fingerprint density at radius 3 is 2.50 bits per heavy atom. The fourth-order valence-electron chi connectivity index (χ4n) is 2.66. The summed E-state index contributed by atoms with van der Waals surface area (Å²) in [5.41, 5.74) is 1.74.